The highest BCUT2D eigenvalue weighted by atomic mass is 32.2. The Hall–Kier alpha value is -1.11. The Balaban J connectivity index is 1.89. The van der Waals surface area contributed by atoms with Gasteiger partial charge in [0.1, 0.15) is 5.75 Å². The van der Waals surface area contributed by atoms with Crippen LogP contribution in [0.4, 0.5) is 0 Å². The summed E-state index contributed by atoms with van der Waals surface area (Å²) in [6.07, 6.45) is 1.78. The monoisotopic (exact) mass is 326 g/mol. The summed E-state index contributed by atoms with van der Waals surface area (Å²) in [4.78, 5) is 2.37. The summed E-state index contributed by atoms with van der Waals surface area (Å²) in [6, 6.07) is 8.23. The Morgan fingerprint density at radius 1 is 1.32 bits per heavy atom. The zero-order valence-electron chi connectivity index (χ0n) is 13.7. The fourth-order valence-corrected chi connectivity index (χ4v) is 3.97. The summed E-state index contributed by atoms with van der Waals surface area (Å²) in [5, 5.41) is 0. The Kier molecular flexibility index (Phi) is 5.83. The molecule has 1 heterocycles. The van der Waals surface area contributed by atoms with E-state index < -0.39 is 10.0 Å². The lowest BCUT2D eigenvalue weighted by atomic mass is 10.0. The van der Waals surface area contributed by atoms with Crippen LogP contribution in [0.3, 0.4) is 0 Å². The molecule has 0 atom stereocenters. The van der Waals surface area contributed by atoms with Crippen LogP contribution in [0, 0.1) is 0 Å². The van der Waals surface area contributed by atoms with E-state index in [0.717, 1.165) is 38.2 Å². The Morgan fingerprint density at radius 2 is 2.00 bits per heavy atom. The van der Waals surface area contributed by atoms with Crippen molar-refractivity contribution in [3.8, 4) is 5.75 Å². The van der Waals surface area contributed by atoms with Crippen LogP contribution in [0.2, 0.25) is 0 Å². The normalized spacial score (nSPS) is 17.8. The molecule has 0 amide bonds. The van der Waals surface area contributed by atoms with Gasteiger partial charge >= 0.3 is 0 Å². The number of rotatable bonds is 6. The maximum Gasteiger partial charge on any atom is 0.213 e. The van der Waals surface area contributed by atoms with Crippen LogP contribution in [0.15, 0.2) is 24.3 Å². The number of sulfonamides is 1. The lowest BCUT2D eigenvalue weighted by Gasteiger charge is -2.36. The third-order valence-corrected chi connectivity index (χ3v) is 6.32. The number of hydrogen-bond donors (Lipinski definition) is 0. The van der Waals surface area contributed by atoms with Crippen molar-refractivity contribution in [3.05, 3.63) is 29.8 Å². The van der Waals surface area contributed by atoms with Gasteiger partial charge in [-0.25, -0.2) is 12.7 Å². The molecule has 6 heteroatoms. The highest BCUT2D eigenvalue weighted by Gasteiger charge is 2.28. The maximum absolute atomic E-state index is 11.9. The fourth-order valence-electron chi connectivity index (χ4n) is 2.90. The minimum absolute atomic E-state index is 0.131. The maximum atomic E-state index is 11.9. The molecule has 0 unspecified atom stereocenters. The van der Waals surface area contributed by atoms with Gasteiger partial charge in [-0.05, 0) is 37.5 Å². The molecular formula is C16H26N2O3S. The lowest BCUT2D eigenvalue weighted by molar-refractivity contribution is 0.164. The van der Waals surface area contributed by atoms with E-state index in [-0.39, 0.29) is 11.8 Å². The number of hydrogen-bond acceptors (Lipinski definition) is 4. The van der Waals surface area contributed by atoms with Crippen molar-refractivity contribution in [2.45, 2.75) is 32.4 Å². The molecule has 1 aliphatic heterocycles. The van der Waals surface area contributed by atoms with Crippen molar-refractivity contribution in [1.29, 1.82) is 0 Å². The molecule has 0 radical (unpaired) electrons. The van der Waals surface area contributed by atoms with E-state index >= 15 is 0 Å². The number of piperidine rings is 1. The van der Waals surface area contributed by atoms with Crippen LogP contribution in [-0.2, 0) is 16.6 Å². The van der Waals surface area contributed by atoms with Crippen LogP contribution in [-0.4, -0.2) is 56.7 Å². The number of likely N-dealkylation sites (tertiary alicyclic amines) is 1. The molecule has 0 bridgehead atoms. The van der Waals surface area contributed by atoms with Gasteiger partial charge in [-0.15, -0.1) is 0 Å². The molecule has 1 fully saturated rings. The molecule has 0 N–H and O–H groups in total. The first-order valence-electron chi connectivity index (χ1n) is 7.77. The Bertz CT molecular complexity index is 581. The van der Waals surface area contributed by atoms with Gasteiger partial charge in [0.15, 0.2) is 0 Å². The van der Waals surface area contributed by atoms with E-state index in [2.05, 4.69) is 17.0 Å². The largest absolute Gasteiger partial charge is 0.497 e. The second kappa shape index (κ2) is 7.44. The molecule has 0 spiro atoms. The summed E-state index contributed by atoms with van der Waals surface area (Å²) >= 11 is 0. The van der Waals surface area contributed by atoms with Gasteiger partial charge < -0.3 is 4.74 Å². The zero-order valence-corrected chi connectivity index (χ0v) is 14.5. The predicted molar refractivity (Wildman–Crippen MR) is 88.5 cm³/mol. The standard InChI is InChI=1S/C16H26N2O3S/c1-4-22(19,20)17(2)15-8-10-18(11-9-15)13-14-6-5-7-16(12-14)21-3/h5-7,12,15H,4,8-11,13H2,1-3H3. The number of methoxy groups -OCH3 is 1. The van der Waals surface area contributed by atoms with E-state index in [1.54, 1.807) is 25.4 Å². The molecule has 1 aromatic carbocycles. The van der Waals surface area contributed by atoms with Gasteiger partial charge in [0.05, 0.1) is 12.9 Å². The van der Waals surface area contributed by atoms with Gasteiger partial charge in [-0.1, -0.05) is 12.1 Å². The van der Waals surface area contributed by atoms with E-state index in [9.17, 15) is 8.42 Å². The predicted octanol–water partition coefficient (Wildman–Crippen LogP) is 1.94. The van der Waals surface area contributed by atoms with Crippen LogP contribution >= 0.6 is 0 Å². The van der Waals surface area contributed by atoms with Crippen molar-refractivity contribution in [3.63, 3.8) is 0 Å². The molecule has 2 rings (SSSR count). The highest BCUT2D eigenvalue weighted by molar-refractivity contribution is 7.89. The van der Waals surface area contributed by atoms with E-state index in [4.69, 9.17) is 4.74 Å². The minimum Gasteiger partial charge on any atom is -0.497 e. The smallest absolute Gasteiger partial charge is 0.213 e. The summed E-state index contributed by atoms with van der Waals surface area (Å²) in [5.74, 6) is 1.05. The lowest BCUT2D eigenvalue weighted by Crippen LogP contribution is -2.45. The van der Waals surface area contributed by atoms with Crippen LogP contribution in [0.25, 0.3) is 0 Å². The molecule has 5 nitrogen and oxygen atoms in total. The van der Waals surface area contributed by atoms with Crippen molar-refractivity contribution in [2.24, 2.45) is 0 Å². The molecule has 1 saturated heterocycles. The Labute approximate surface area is 133 Å². The van der Waals surface area contributed by atoms with E-state index in [1.807, 2.05) is 12.1 Å². The van der Waals surface area contributed by atoms with Crippen molar-refractivity contribution >= 4 is 10.0 Å². The molecule has 0 aromatic heterocycles. The zero-order chi connectivity index (χ0) is 16.2. The van der Waals surface area contributed by atoms with Gasteiger partial charge in [0.2, 0.25) is 10.0 Å². The summed E-state index contributed by atoms with van der Waals surface area (Å²) in [5.41, 5.74) is 1.23. The van der Waals surface area contributed by atoms with Gasteiger partial charge in [0, 0.05) is 32.7 Å². The minimum atomic E-state index is -3.08. The molecule has 1 aromatic rings. The molecule has 1 aliphatic rings. The summed E-state index contributed by atoms with van der Waals surface area (Å²) < 4.78 is 30.7. The van der Waals surface area contributed by atoms with Crippen LogP contribution < -0.4 is 4.74 Å². The average molecular weight is 326 g/mol. The SMILES string of the molecule is CCS(=O)(=O)N(C)C1CCN(Cc2cccc(OC)c2)CC1. The first-order valence-corrected chi connectivity index (χ1v) is 9.38. The fraction of sp³-hybridized carbons (Fsp3) is 0.625. The van der Waals surface area contributed by atoms with E-state index in [1.165, 1.54) is 5.56 Å². The third kappa shape index (κ3) is 4.21. The topological polar surface area (TPSA) is 49.9 Å². The Morgan fingerprint density at radius 3 is 2.59 bits per heavy atom. The summed E-state index contributed by atoms with van der Waals surface area (Å²) in [7, 11) is 0.300. The van der Waals surface area contributed by atoms with Gasteiger partial charge in [0.25, 0.3) is 0 Å². The number of ether oxygens (including phenoxy) is 1. The average Bonchev–Trinajstić information content (AvgIpc) is 2.55. The second-order valence-corrected chi connectivity index (χ2v) is 8.09. The molecule has 0 saturated carbocycles. The molecule has 22 heavy (non-hydrogen) atoms. The van der Waals surface area contributed by atoms with Crippen LogP contribution in [0.5, 0.6) is 5.75 Å². The van der Waals surface area contributed by atoms with E-state index in [0.29, 0.717) is 0 Å². The van der Waals surface area contributed by atoms with Crippen molar-refractivity contribution < 1.29 is 13.2 Å². The molecule has 0 aliphatic carbocycles. The number of benzene rings is 1. The van der Waals surface area contributed by atoms with Gasteiger partial charge in [-0.2, -0.15) is 0 Å². The third-order valence-electron chi connectivity index (χ3n) is 4.42. The first kappa shape index (κ1) is 17.2. The quantitative estimate of drug-likeness (QED) is 0.802. The van der Waals surface area contributed by atoms with Gasteiger partial charge in [-0.3, -0.25) is 4.90 Å². The van der Waals surface area contributed by atoms with Crippen LogP contribution in [0.1, 0.15) is 25.3 Å². The summed E-state index contributed by atoms with van der Waals surface area (Å²) in [6.45, 7) is 4.43. The second-order valence-electron chi connectivity index (χ2n) is 5.78. The first-order chi connectivity index (χ1) is 10.5. The molecular weight excluding hydrogens is 300 g/mol. The molecule has 124 valence electrons. The highest BCUT2D eigenvalue weighted by Crippen LogP contribution is 2.21. The number of nitrogens with zero attached hydrogens (tertiary/aromatic N) is 2. The van der Waals surface area contributed by atoms with Crippen molar-refractivity contribution in [1.82, 2.24) is 9.21 Å². The van der Waals surface area contributed by atoms with Crippen molar-refractivity contribution in [2.75, 3.05) is 33.0 Å².